The van der Waals surface area contributed by atoms with E-state index >= 15 is 0 Å². The van der Waals surface area contributed by atoms with Crippen molar-refractivity contribution in [2.24, 2.45) is 0 Å². The van der Waals surface area contributed by atoms with Crippen LogP contribution in [0.1, 0.15) is 38.7 Å². The summed E-state index contributed by atoms with van der Waals surface area (Å²) in [7, 11) is 3.36. The van der Waals surface area contributed by atoms with Gasteiger partial charge in [-0.05, 0) is 25.0 Å². The molecule has 0 heterocycles. The van der Waals surface area contributed by atoms with Crippen molar-refractivity contribution >= 4 is 5.69 Å². The van der Waals surface area contributed by atoms with Crippen LogP contribution in [0.15, 0.2) is 18.2 Å². The lowest BCUT2D eigenvalue weighted by Gasteiger charge is -2.32. The minimum atomic E-state index is -0.0899. The molecule has 0 aliphatic rings. The number of nitriles is 1. The van der Waals surface area contributed by atoms with Gasteiger partial charge < -0.3 is 14.4 Å². The summed E-state index contributed by atoms with van der Waals surface area (Å²) in [4.78, 5) is 2.11. The molecule has 0 spiro atoms. The Morgan fingerprint density at radius 2 is 1.95 bits per heavy atom. The first kappa shape index (κ1) is 16.3. The van der Waals surface area contributed by atoms with Gasteiger partial charge in [0.15, 0.2) is 0 Å². The zero-order valence-electron chi connectivity index (χ0n) is 13.0. The van der Waals surface area contributed by atoms with E-state index in [-0.39, 0.29) is 6.23 Å². The lowest BCUT2D eigenvalue weighted by Crippen LogP contribution is -2.36. The molecule has 110 valence electrons. The van der Waals surface area contributed by atoms with E-state index in [0.717, 1.165) is 17.0 Å². The number of hydrogen-bond donors (Lipinski definition) is 0. The van der Waals surface area contributed by atoms with Gasteiger partial charge in [0.25, 0.3) is 0 Å². The maximum absolute atomic E-state index is 8.85. The van der Waals surface area contributed by atoms with Gasteiger partial charge in [0.05, 0.1) is 19.6 Å². The topological polar surface area (TPSA) is 45.5 Å². The summed E-state index contributed by atoms with van der Waals surface area (Å²) in [6.45, 7) is 6.90. The highest BCUT2D eigenvalue weighted by atomic mass is 16.5. The Labute approximate surface area is 121 Å². The van der Waals surface area contributed by atoms with Gasteiger partial charge in [0.1, 0.15) is 12.0 Å². The predicted molar refractivity (Wildman–Crippen MR) is 81.1 cm³/mol. The van der Waals surface area contributed by atoms with Crippen molar-refractivity contribution < 1.29 is 9.47 Å². The van der Waals surface area contributed by atoms with E-state index in [2.05, 4.69) is 30.9 Å². The molecule has 1 rings (SSSR count). The highest BCUT2D eigenvalue weighted by molar-refractivity contribution is 5.61. The van der Waals surface area contributed by atoms with Gasteiger partial charge in [0, 0.05) is 24.9 Å². The summed E-state index contributed by atoms with van der Waals surface area (Å²) < 4.78 is 10.9. The van der Waals surface area contributed by atoms with Gasteiger partial charge in [-0.1, -0.05) is 19.9 Å². The predicted octanol–water partition coefficient (Wildman–Crippen LogP) is 3.53. The SMILES string of the molecule is COc1cccc(N(CCC#N)C(C)OC)c1C(C)C. The summed E-state index contributed by atoms with van der Waals surface area (Å²) in [5.41, 5.74) is 2.22. The summed E-state index contributed by atoms with van der Waals surface area (Å²) in [5.74, 6) is 1.21. The van der Waals surface area contributed by atoms with Gasteiger partial charge in [0.2, 0.25) is 0 Å². The third kappa shape index (κ3) is 3.64. The molecule has 0 aromatic heterocycles. The number of hydrogen-bond acceptors (Lipinski definition) is 4. The third-order valence-electron chi connectivity index (χ3n) is 3.39. The molecule has 1 aromatic carbocycles. The lowest BCUT2D eigenvalue weighted by atomic mass is 9.98. The average Bonchev–Trinajstić information content (AvgIpc) is 2.46. The first-order chi connectivity index (χ1) is 9.56. The van der Waals surface area contributed by atoms with E-state index in [1.54, 1.807) is 14.2 Å². The molecule has 0 saturated carbocycles. The minimum absolute atomic E-state index is 0.0899. The van der Waals surface area contributed by atoms with Gasteiger partial charge >= 0.3 is 0 Å². The molecular weight excluding hydrogens is 252 g/mol. The smallest absolute Gasteiger partial charge is 0.126 e. The number of anilines is 1. The molecular formula is C16H24N2O2. The fourth-order valence-corrected chi connectivity index (χ4v) is 2.34. The number of benzene rings is 1. The molecule has 1 atom stereocenters. The molecule has 0 aliphatic heterocycles. The quantitative estimate of drug-likeness (QED) is 0.715. The highest BCUT2D eigenvalue weighted by Gasteiger charge is 2.21. The summed E-state index contributed by atoms with van der Waals surface area (Å²) in [5, 5.41) is 8.85. The van der Waals surface area contributed by atoms with Crippen LogP contribution in [0.2, 0.25) is 0 Å². The van der Waals surface area contributed by atoms with Crippen molar-refractivity contribution in [3.63, 3.8) is 0 Å². The molecule has 1 aromatic rings. The zero-order chi connectivity index (χ0) is 15.1. The Balaban J connectivity index is 3.28. The third-order valence-corrected chi connectivity index (χ3v) is 3.39. The molecule has 0 bridgehead atoms. The molecule has 1 unspecified atom stereocenters. The van der Waals surface area contributed by atoms with E-state index in [4.69, 9.17) is 14.7 Å². The maximum atomic E-state index is 8.85. The van der Waals surface area contributed by atoms with Crippen LogP contribution in [0.3, 0.4) is 0 Å². The Morgan fingerprint density at radius 3 is 2.45 bits per heavy atom. The zero-order valence-corrected chi connectivity index (χ0v) is 13.0. The van der Waals surface area contributed by atoms with Crippen molar-refractivity contribution in [2.75, 3.05) is 25.7 Å². The number of ether oxygens (including phenoxy) is 2. The fourth-order valence-electron chi connectivity index (χ4n) is 2.34. The average molecular weight is 276 g/mol. The van der Waals surface area contributed by atoms with Gasteiger partial charge in [-0.2, -0.15) is 5.26 Å². The van der Waals surface area contributed by atoms with Crippen molar-refractivity contribution in [3.05, 3.63) is 23.8 Å². The van der Waals surface area contributed by atoms with Crippen LogP contribution in [0.4, 0.5) is 5.69 Å². The first-order valence-corrected chi connectivity index (χ1v) is 6.90. The molecule has 4 nitrogen and oxygen atoms in total. The van der Waals surface area contributed by atoms with Gasteiger partial charge in [-0.15, -0.1) is 0 Å². The molecule has 4 heteroatoms. The van der Waals surface area contributed by atoms with Crippen molar-refractivity contribution in [1.82, 2.24) is 0 Å². The van der Waals surface area contributed by atoms with Crippen molar-refractivity contribution in [2.45, 2.75) is 39.3 Å². The Kier molecular flexibility index (Phi) is 6.33. The number of methoxy groups -OCH3 is 2. The second kappa shape index (κ2) is 7.76. The Hall–Kier alpha value is -1.73. The highest BCUT2D eigenvalue weighted by Crippen LogP contribution is 2.36. The van der Waals surface area contributed by atoms with E-state index in [0.29, 0.717) is 18.9 Å². The minimum Gasteiger partial charge on any atom is -0.496 e. The Morgan fingerprint density at radius 1 is 1.25 bits per heavy atom. The normalized spacial score (nSPS) is 12.1. The van der Waals surface area contributed by atoms with Crippen molar-refractivity contribution in [3.8, 4) is 11.8 Å². The van der Waals surface area contributed by atoms with Crippen LogP contribution in [-0.4, -0.2) is 27.0 Å². The van der Waals surface area contributed by atoms with Crippen LogP contribution in [-0.2, 0) is 4.74 Å². The Bertz CT molecular complexity index is 466. The van der Waals surface area contributed by atoms with Gasteiger partial charge in [-0.25, -0.2) is 0 Å². The summed E-state index contributed by atoms with van der Waals surface area (Å²) in [6.07, 6.45) is 0.371. The second-order valence-corrected chi connectivity index (χ2v) is 4.98. The monoisotopic (exact) mass is 276 g/mol. The van der Waals surface area contributed by atoms with Crippen LogP contribution in [0, 0.1) is 11.3 Å². The molecule has 0 radical (unpaired) electrons. The second-order valence-electron chi connectivity index (χ2n) is 4.98. The van der Waals surface area contributed by atoms with Crippen LogP contribution in [0.25, 0.3) is 0 Å². The van der Waals surface area contributed by atoms with Crippen molar-refractivity contribution in [1.29, 1.82) is 5.26 Å². The fraction of sp³-hybridized carbons (Fsp3) is 0.562. The summed E-state index contributed by atoms with van der Waals surface area (Å²) >= 11 is 0. The molecule has 0 N–H and O–H groups in total. The lowest BCUT2D eigenvalue weighted by molar-refractivity contribution is 0.114. The molecule has 20 heavy (non-hydrogen) atoms. The van der Waals surface area contributed by atoms with Crippen LogP contribution >= 0.6 is 0 Å². The summed E-state index contributed by atoms with van der Waals surface area (Å²) in [6, 6.07) is 8.20. The molecule has 0 fully saturated rings. The first-order valence-electron chi connectivity index (χ1n) is 6.90. The van der Waals surface area contributed by atoms with Crippen LogP contribution < -0.4 is 9.64 Å². The van der Waals surface area contributed by atoms with Crippen LogP contribution in [0.5, 0.6) is 5.75 Å². The van der Waals surface area contributed by atoms with E-state index < -0.39 is 0 Å². The van der Waals surface area contributed by atoms with E-state index in [1.807, 2.05) is 19.1 Å². The van der Waals surface area contributed by atoms with E-state index in [1.165, 1.54) is 0 Å². The molecule has 0 amide bonds. The number of rotatable bonds is 7. The molecule has 0 aliphatic carbocycles. The largest absolute Gasteiger partial charge is 0.496 e. The standard InChI is InChI=1S/C16H24N2O2/c1-12(2)16-14(8-6-9-15(16)20-5)18(11-7-10-17)13(3)19-4/h6,8-9,12-13H,7,11H2,1-5H3. The van der Waals surface area contributed by atoms with Gasteiger partial charge in [-0.3, -0.25) is 0 Å². The number of nitrogens with zero attached hydrogens (tertiary/aromatic N) is 2. The maximum Gasteiger partial charge on any atom is 0.126 e. The molecule has 0 saturated heterocycles. The van der Waals surface area contributed by atoms with E-state index in [9.17, 15) is 0 Å².